The van der Waals surface area contributed by atoms with Gasteiger partial charge in [0.2, 0.25) is 0 Å². The lowest BCUT2D eigenvalue weighted by Gasteiger charge is -2.17. The Morgan fingerprint density at radius 2 is 2.24 bits per heavy atom. The molecule has 0 aromatic carbocycles. The molecule has 0 unspecified atom stereocenters. The summed E-state index contributed by atoms with van der Waals surface area (Å²) in [6.07, 6.45) is 1.37. The zero-order valence-electron chi connectivity index (χ0n) is 9.74. The van der Waals surface area contributed by atoms with Crippen molar-refractivity contribution in [3.05, 3.63) is 28.0 Å². The number of likely N-dealkylation sites (N-methyl/N-ethyl adjacent to an activating group) is 1. The molecular formula is C11H14Cl2N2O2. The minimum Gasteiger partial charge on any atom is -0.380 e. The Balaban J connectivity index is 2.71. The van der Waals surface area contributed by atoms with E-state index in [1.54, 1.807) is 7.05 Å². The second kappa shape index (κ2) is 6.79. The van der Waals surface area contributed by atoms with E-state index in [9.17, 15) is 4.79 Å². The molecule has 0 N–H and O–H groups in total. The smallest absolute Gasteiger partial charge is 0.255 e. The van der Waals surface area contributed by atoms with Crippen LogP contribution in [0.1, 0.15) is 17.3 Å². The molecule has 0 fully saturated rings. The maximum atomic E-state index is 12.0. The highest BCUT2D eigenvalue weighted by atomic mass is 35.5. The van der Waals surface area contributed by atoms with Crippen LogP contribution in [-0.2, 0) is 4.74 Å². The SMILES string of the molecule is CCOCCN(C)C(=O)c1cc(Cl)ncc1Cl. The molecule has 6 heteroatoms. The highest BCUT2D eigenvalue weighted by molar-refractivity contribution is 6.35. The van der Waals surface area contributed by atoms with Crippen molar-refractivity contribution in [3.63, 3.8) is 0 Å². The fourth-order valence-electron chi connectivity index (χ4n) is 1.23. The quantitative estimate of drug-likeness (QED) is 0.613. The number of ether oxygens (including phenoxy) is 1. The minimum atomic E-state index is -0.195. The van der Waals surface area contributed by atoms with Crippen molar-refractivity contribution >= 4 is 29.1 Å². The van der Waals surface area contributed by atoms with Gasteiger partial charge in [0.05, 0.1) is 17.2 Å². The fourth-order valence-corrected chi connectivity index (χ4v) is 1.57. The van der Waals surface area contributed by atoms with Gasteiger partial charge in [-0.05, 0) is 13.0 Å². The summed E-state index contributed by atoms with van der Waals surface area (Å²) in [4.78, 5) is 17.3. The molecular weight excluding hydrogens is 263 g/mol. The van der Waals surface area contributed by atoms with Gasteiger partial charge in [0.15, 0.2) is 0 Å². The lowest BCUT2D eigenvalue weighted by Crippen LogP contribution is -2.30. The van der Waals surface area contributed by atoms with Crippen LogP contribution < -0.4 is 0 Å². The number of hydrogen-bond acceptors (Lipinski definition) is 3. The van der Waals surface area contributed by atoms with Gasteiger partial charge in [0.25, 0.3) is 5.91 Å². The molecule has 0 atom stereocenters. The van der Waals surface area contributed by atoms with Crippen LogP contribution in [-0.4, -0.2) is 42.6 Å². The monoisotopic (exact) mass is 276 g/mol. The van der Waals surface area contributed by atoms with E-state index in [0.29, 0.717) is 30.3 Å². The molecule has 1 amide bonds. The fraction of sp³-hybridized carbons (Fsp3) is 0.455. The molecule has 0 aliphatic carbocycles. The Kier molecular flexibility index (Phi) is 5.68. The average molecular weight is 277 g/mol. The van der Waals surface area contributed by atoms with Crippen molar-refractivity contribution in [2.45, 2.75) is 6.92 Å². The van der Waals surface area contributed by atoms with Crippen molar-refractivity contribution in [1.82, 2.24) is 9.88 Å². The predicted octanol–water partition coefficient (Wildman–Crippen LogP) is 2.50. The van der Waals surface area contributed by atoms with Crippen LogP contribution in [0.5, 0.6) is 0 Å². The first-order valence-electron chi connectivity index (χ1n) is 5.20. The van der Waals surface area contributed by atoms with E-state index in [0.717, 1.165) is 0 Å². The molecule has 1 aromatic heterocycles. The number of pyridine rings is 1. The number of rotatable bonds is 5. The van der Waals surface area contributed by atoms with Crippen molar-refractivity contribution in [2.75, 3.05) is 26.8 Å². The van der Waals surface area contributed by atoms with Crippen LogP contribution in [0.3, 0.4) is 0 Å². The number of hydrogen-bond donors (Lipinski definition) is 0. The number of nitrogens with zero attached hydrogens (tertiary/aromatic N) is 2. The van der Waals surface area contributed by atoms with Gasteiger partial charge in [-0.3, -0.25) is 4.79 Å². The highest BCUT2D eigenvalue weighted by Crippen LogP contribution is 2.19. The Labute approximate surface area is 110 Å². The van der Waals surface area contributed by atoms with E-state index in [1.165, 1.54) is 17.2 Å². The Hall–Kier alpha value is -0.840. The first-order valence-corrected chi connectivity index (χ1v) is 5.96. The minimum absolute atomic E-state index is 0.195. The van der Waals surface area contributed by atoms with E-state index in [1.807, 2.05) is 6.92 Å². The number of carbonyl (C=O) groups is 1. The van der Waals surface area contributed by atoms with E-state index in [4.69, 9.17) is 27.9 Å². The summed E-state index contributed by atoms with van der Waals surface area (Å²) >= 11 is 11.6. The van der Waals surface area contributed by atoms with Gasteiger partial charge in [-0.1, -0.05) is 23.2 Å². The molecule has 4 nitrogen and oxygen atoms in total. The molecule has 17 heavy (non-hydrogen) atoms. The lowest BCUT2D eigenvalue weighted by molar-refractivity contribution is 0.0710. The molecule has 0 saturated carbocycles. The molecule has 0 aliphatic heterocycles. The van der Waals surface area contributed by atoms with Crippen LogP contribution in [0.4, 0.5) is 0 Å². The third kappa shape index (κ3) is 4.15. The summed E-state index contributed by atoms with van der Waals surface area (Å²) < 4.78 is 5.18. The van der Waals surface area contributed by atoms with Crippen molar-refractivity contribution < 1.29 is 9.53 Å². The van der Waals surface area contributed by atoms with Gasteiger partial charge in [-0.15, -0.1) is 0 Å². The van der Waals surface area contributed by atoms with Crippen LogP contribution in [0, 0.1) is 0 Å². The third-order valence-corrected chi connectivity index (χ3v) is 2.68. The maximum absolute atomic E-state index is 12.0. The molecule has 0 spiro atoms. The second-order valence-electron chi connectivity index (χ2n) is 3.41. The third-order valence-electron chi connectivity index (χ3n) is 2.17. The summed E-state index contributed by atoms with van der Waals surface area (Å²) in [5.41, 5.74) is 0.352. The van der Waals surface area contributed by atoms with E-state index in [-0.39, 0.29) is 11.1 Å². The van der Waals surface area contributed by atoms with Gasteiger partial charge >= 0.3 is 0 Å². The molecule has 0 radical (unpaired) electrons. The van der Waals surface area contributed by atoms with Gasteiger partial charge in [-0.2, -0.15) is 0 Å². The van der Waals surface area contributed by atoms with Crippen LogP contribution in [0.2, 0.25) is 10.2 Å². The Morgan fingerprint density at radius 1 is 1.53 bits per heavy atom. The van der Waals surface area contributed by atoms with Gasteiger partial charge in [0.1, 0.15) is 5.15 Å². The maximum Gasteiger partial charge on any atom is 0.255 e. The Morgan fingerprint density at radius 3 is 2.88 bits per heavy atom. The number of halogens is 2. The van der Waals surface area contributed by atoms with Crippen molar-refractivity contribution in [2.24, 2.45) is 0 Å². The predicted molar refractivity (Wildman–Crippen MR) is 67.7 cm³/mol. The van der Waals surface area contributed by atoms with Gasteiger partial charge in [0, 0.05) is 26.4 Å². The molecule has 1 rings (SSSR count). The topological polar surface area (TPSA) is 42.4 Å². The van der Waals surface area contributed by atoms with E-state index >= 15 is 0 Å². The molecule has 1 heterocycles. The summed E-state index contributed by atoms with van der Waals surface area (Å²) in [6.45, 7) is 3.53. The van der Waals surface area contributed by atoms with E-state index < -0.39 is 0 Å². The molecule has 0 saturated heterocycles. The van der Waals surface area contributed by atoms with E-state index in [2.05, 4.69) is 4.98 Å². The van der Waals surface area contributed by atoms with Crippen LogP contribution in [0.15, 0.2) is 12.3 Å². The van der Waals surface area contributed by atoms with Crippen molar-refractivity contribution in [3.8, 4) is 0 Å². The summed E-state index contributed by atoms with van der Waals surface area (Å²) in [7, 11) is 1.69. The molecule has 94 valence electrons. The molecule has 1 aromatic rings. The summed E-state index contributed by atoms with van der Waals surface area (Å²) in [5, 5.41) is 0.540. The normalized spacial score (nSPS) is 10.4. The zero-order chi connectivity index (χ0) is 12.8. The highest BCUT2D eigenvalue weighted by Gasteiger charge is 2.15. The molecule has 0 bridgehead atoms. The van der Waals surface area contributed by atoms with Crippen molar-refractivity contribution in [1.29, 1.82) is 0 Å². The standard InChI is InChI=1S/C11H14Cl2N2O2/c1-3-17-5-4-15(2)11(16)8-6-10(13)14-7-9(8)12/h6-7H,3-5H2,1-2H3. The van der Waals surface area contributed by atoms with Crippen LogP contribution in [0.25, 0.3) is 0 Å². The average Bonchev–Trinajstić information content (AvgIpc) is 2.31. The van der Waals surface area contributed by atoms with Gasteiger partial charge in [-0.25, -0.2) is 4.98 Å². The van der Waals surface area contributed by atoms with Crippen LogP contribution >= 0.6 is 23.2 Å². The first kappa shape index (κ1) is 14.2. The Bertz CT molecular complexity index is 399. The summed E-state index contributed by atoms with van der Waals surface area (Å²) in [5.74, 6) is -0.195. The summed E-state index contributed by atoms with van der Waals surface area (Å²) in [6, 6.07) is 1.46. The molecule has 0 aliphatic rings. The number of carbonyl (C=O) groups excluding carboxylic acids is 1. The van der Waals surface area contributed by atoms with Gasteiger partial charge < -0.3 is 9.64 Å². The first-order chi connectivity index (χ1) is 8.06. The second-order valence-corrected chi connectivity index (χ2v) is 4.20. The largest absolute Gasteiger partial charge is 0.380 e. The number of amides is 1. The zero-order valence-corrected chi connectivity index (χ0v) is 11.3. The number of aromatic nitrogens is 1. The lowest BCUT2D eigenvalue weighted by atomic mass is 10.2.